The molecule has 1 aromatic carbocycles. The van der Waals surface area contributed by atoms with E-state index in [9.17, 15) is 4.79 Å². The molecule has 0 radical (unpaired) electrons. The van der Waals surface area contributed by atoms with Gasteiger partial charge in [-0.2, -0.15) is 5.26 Å². The lowest BCUT2D eigenvalue weighted by atomic mass is 10.2. The van der Waals surface area contributed by atoms with E-state index in [2.05, 4.69) is 21.2 Å². The summed E-state index contributed by atoms with van der Waals surface area (Å²) in [5, 5.41) is 11.7. The molecule has 0 bridgehead atoms. The minimum atomic E-state index is -0.234. The van der Waals surface area contributed by atoms with Gasteiger partial charge in [-0.15, -0.1) is 0 Å². The van der Waals surface area contributed by atoms with Gasteiger partial charge in [-0.05, 0) is 18.2 Å². The molecule has 1 N–H and O–H groups in total. The minimum absolute atomic E-state index is 0.164. The zero-order valence-electron chi connectivity index (χ0n) is 7.12. The van der Waals surface area contributed by atoms with Crippen molar-refractivity contribution in [3.63, 3.8) is 0 Å². The maximum atomic E-state index is 11.3. The number of nitrogens with zero attached hydrogens (tertiary/aromatic N) is 2. The molecule has 0 aromatic heterocycles. The lowest BCUT2D eigenvalue weighted by Gasteiger charge is -2.23. The Balaban J connectivity index is 2.53. The second kappa shape index (κ2) is 3.31. The van der Waals surface area contributed by atoms with Crippen LogP contribution in [0, 0.1) is 11.5 Å². The first-order valence-corrected chi connectivity index (χ1v) is 4.78. The molecule has 0 fully saturated rings. The second-order valence-corrected chi connectivity index (χ2v) is 3.76. The van der Waals surface area contributed by atoms with Crippen LogP contribution in [0.5, 0.6) is 0 Å². The van der Waals surface area contributed by atoms with E-state index in [-0.39, 0.29) is 12.5 Å². The number of benzene rings is 1. The molecule has 5 heteroatoms. The predicted molar refractivity (Wildman–Crippen MR) is 55.7 cm³/mol. The largest absolute Gasteiger partial charge is 0.374 e. The van der Waals surface area contributed by atoms with Crippen LogP contribution in [-0.2, 0) is 4.79 Å². The quantitative estimate of drug-likeness (QED) is 0.715. The maximum Gasteiger partial charge on any atom is 0.259 e. The Morgan fingerprint density at radius 2 is 2.36 bits per heavy atom. The van der Waals surface area contributed by atoms with E-state index in [0.29, 0.717) is 5.69 Å². The van der Waals surface area contributed by atoms with Crippen LogP contribution in [0.2, 0.25) is 0 Å². The van der Waals surface area contributed by atoms with Gasteiger partial charge in [0.2, 0.25) is 0 Å². The van der Waals surface area contributed by atoms with Crippen molar-refractivity contribution >= 4 is 33.2 Å². The van der Waals surface area contributed by atoms with Crippen LogP contribution in [0.1, 0.15) is 0 Å². The molecular formula is C9H6BrN3O. The van der Waals surface area contributed by atoms with E-state index >= 15 is 0 Å². The number of nitriles is 1. The average Bonchev–Trinajstić information content (AvgIpc) is 2.18. The first-order valence-electron chi connectivity index (χ1n) is 3.98. The van der Waals surface area contributed by atoms with Crippen LogP contribution in [0.25, 0.3) is 0 Å². The molecular weight excluding hydrogens is 246 g/mol. The lowest BCUT2D eigenvalue weighted by Crippen LogP contribution is -2.36. The number of hydrogen-bond donors (Lipinski definition) is 1. The van der Waals surface area contributed by atoms with Crippen molar-refractivity contribution < 1.29 is 4.79 Å². The number of carbonyl (C=O) groups is 1. The van der Waals surface area contributed by atoms with E-state index in [1.165, 1.54) is 0 Å². The Bertz CT molecular complexity index is 438. The summed E-state index contributed by atoms with van der Waals surface area (Å²) in [5.41, 5.74) is 1.40. The van der Waals surface area contributed by atoms with Crippen LogP contribution in [-0.4, -0.2) is 12.5 Å². The highest BCUT2D eigenvalue weighted by atomic mass is 79.9. The number of fused-ring (bicyclic) bond motifs is 1. The molecule has 2 rings (SSSR count). The number of nitrogens with one attached hydrogen (secondary N) is 1. The maximum absolute atomic E-state index is 11.3. The second-order valence-electron chi connectivity index (χ2n) is 2.84. The van der Waals surface area contributed by atoms with Gasteiger partial charge in [-0.25, -0.2) is 4.90 Å². The summed E-state index contributed by atoms with van der Waals surface area (Å²) in [4.78, 5) is 12.4. The van der Waals surface area contributed by atoms with Crippen molar-refractivity contribution in [2.24, 2.45) is 0 Å². The summed E-state index contributed by atoms with van der Waals surface area (Å²) in [6, 6.07) is 5.36. The molecule has 1 amide bonds. The molecule has 0 saturated heterocycles. The Hall–Kier alpha value is -1.54. The van der Waals surface area contributed by atoms with Crippen molar-refractivity contribution in [2.75, 3.05) is 16.8 Å². The third-order valence-electron chi connectivity index (χ3n) is 1.98. The van der Waals surface area contributed by atoms with E-state index in [1.54, 1.807) is 12.1 Å². The molecule has 0 spiro atoms. The van der Waals surface area contributed by atoms with Gasteiger partial charge in [-0.3, -0.25) is 4.79 Å². The summed E-state index contributed by atoms with van der Waals surface area (Å²) in [6.07, 6.45) is 1.86. The van der Waals surface area contributed by atoms with Gasteiger partial charge >= 0.3 is 0 Å². The van der Waals surface area contributed by atoms with Crippen molar-refractivity contribution in [3.05, 3.63) is 22.7 Å². The highest BCUT2D eigenvalue weighted by molar-refractivity contribution is 9.10. The van der Waals surface area contributed by atoms with Gasteiger partial charge in [0.05, 0.1) is 17.9 Å². The van der Waals surface area contributed by atoms with Crippen molar-refractivity contribution in [2.45, 2.75) is 0 Å². The molecule has 0 aliphatic carbocycles. The van der Waals surface area contributed by atoms with Crippen molar-refractivity contribution in [3.8, 4) is 6.19 Å². The van der Waals surface area contributed by atoms with E-state index in [4.69, 9.17) is 5.26 Å². The van der Waals surface area contributed by atoms with Gasteiger partial charge in [0.1, 0.15) is 0 Å². The molecule has 0 saturated carbocycles. The van der Waals surface area contributed by atoms with Crippen LogP contribution in [0.15, 0.2) is 22.7 Å². The molecule has 1 aliphatic rings. The van der Waals surface area contributed by atoms with E-state index in [1.807, 2.05) is 12.3 Å². The number of halogens is 1. The third-order valence-corrected chi connectivity index (χ3v) is 2.47. The molecule has 1 aromatic rings. The topological polar surface area (TPSA) is 56.1 Å². The molecule has 4 nitrogen and oxygen atoms in total. The summed E-state index contributed by atoms with van der Waals surface area (Å²) in [6.45, 7) is 0.164. The first kappa shape index (κ1) is 9.03. The Kier molecular flexibility index (Phi) is 2.14. The number of amides is 1. The van der Waals surface area contributed by atoms with Crippen molar-refractivity contribution in [1.29, 1.82) is 5.26 Å². The summed E-state index contributed by atoms with van der Waals surface area (Å²) < 4.78 is 0.913. The van der Waals surface area contributed by atoms with Crippen LogP contribution < -0.4 is 10.2 Å². The summed E-state index contributed by atoms with van der Waals surface area (Å²) >= 11 is 3.32. The van der Waals surface area contributed by atoms with Gasteiger partial charge < -0.3 is 5.32 Å². The Morgan fingerprint density at radius 3 is 3.07 bits per heavy atom. The van der Waals surface area contributed by atoms with Crippen LogP contribution >= 0.6 is 15.9 Å². The first-order chi connectivity index (χ1) is 6.72. The number of carbonyl (C=O) groups excluding carboxylic acids is 1. The number of anilines is 2. The smallest absolute Gasteiger partial charge is 0.259 e. The average molecular weight is 252 g/mol. The zero-order valence-corrected chi connectivity index (χ0v) is 8.71. The van der Waals surface area contributed by atoms with Crippen LogP contribution in [0.3, 0.4) is 0 Å². The summed E-state index contributed by atoms with van der Waals surface area (Å²) in [5.74, 6) is -0.234. The lowest BCUT2D eigenvalue weighted by molar-refractivity contribution is -0.116. The van der Waals surface area contributed by atoms with Crippen molar-refractivity contribution in [1.82, 2.24) is 0 Å². The molecule has 14 heavy (non-hydrogen) atoms. The van der Waals surface area contributed by atoms with E-state index < -0.39 is 0 Å². The minimum Gasteiger partial charge on any atom is -0.374 e. The normalized spacial score (nSPS) is 14.3. The zero-order chi connectivity index (χ0) is 10.1. The fourth-order valence-corrected chi connectivity index (χ4v) is 1.70. The summed E-state index contributed by atoms with van der Waals surface area (Å²) in [7, 11) is 0. The Labute approximate surface area is 89.3 Å². The van der Waals surface area contributed by atoms with Gasteiger partial charge in [0, 0.05) is 4.47 Å². The van der Waals surface area contributed by atoms with Crippen LogP contribution in [0.4, 0.5) is 11.4 Å². The molecule has 0 atom stereocenters. The molecule has 1 heterocycles. The van der Waals surface area contributed by atoms with Gasteiger partial charge in [-0.1, -0.05) is 15.9 Å². The van der Waals surface area contributed by atoms with Gasteiger partial charge in [0.25, 0.3) is 5.91 Å². The number of hydrogen-bond acceptors (Lipinski definition) is 3. The SMILES string of the molecule is N#CN1C(=O)CNc2cc(Br)ccc21. The highest BCUT2D eigenvalue weighted by Crippen LogP contribution is 2.31. The molecule has 0 unspecified atom stereocenters. The standard InChI is InChI=1S/C9H6BrN3O/c10-6-1-2-8-7(3-6)12-4-9(14)13(8)5-11/h1-3,12H,4H2. The molecule has 1 aliphatic heterocycles. The third kappa shape index (κ3) is 1.34. The Morgan fingerprint density at radius 1 is 1.57 bits per heavy atom. The predicted octanol–water partition coefficient (Wildman–Crippen LogP) is 1.69. The highest BCUT2D eigenvalue weighted by Gasteiger charge is 2.23. The van der Waals surface area contributed by atoms with E-state index in [0.717, 1.165) is 15.1 Å². The monoisotopic (exact) mass is 251 g/mol. The fourth-order valence-electron chi connectivity index (χ4n) is 1.34. The molecule has 70 valence electrons. The number of rotatable bonds is 0. The fraction of sp³-hybridized carbons (Fsp3) is 0.111. The van der Waals surface area contributed by atoms with Gasteiger partial charge in [0.15, 0.2) is 6.19 Å².